The van der Waals surface area contributed by atoms with Gasteiger partial charge >= 0.3 is 0 Å². The van der Waals surface area contributed by atoms with Gasteiger partial charge in [-0.3, -0.25) is 9.78 Å². The van der Waals surface area contributed by atoms with Crippen LogP contribution < -0.4 is 10.2 Å². The van der Waals surface area contributed by atoms with Crippen molar-refractivity contribution >= 4 is 28.1 Å². The highest BCUT2D eigenvalue weighted by atomic mass is 16.1. The fourth-order valence-electron chi connectivity index (χ4n) is 3.29. The van der Waals surface area contributed by atoms with E-state index in [1.54, 1.807) is 0 Å². The van der Waals surface area contributed by atoms with Crippen LogP contribution in [0.3, 0.4) is 0 Å². The first-order valence-corrected chi connectivity index (χ1v) is 7.63. The largest absolute Gasteiger partial charge is 0.370 e. The molecule has 0 fully saturated rings. The zero-order valence-corrected chi connectivity index (χ0v) is 13.1. The maximum Gasteiger partial charge on any atom is 0.256 e. The first-order valence-electron chi connectivity index (χ1n) is 7.63. The summed E-state index contributed by atoms with van der Waals surface area (Å²) in [6.45, 7) is 2.89. The van der Waals surface area contributed by atoms with Crippen LogP contribution in [0.5, 0.6) is 0 Å². The molecule has 0 aliphatic carbocycles. The van der Waals surface area contributed by atoms with Crippen molar-refractivity contribution in [2.24, 2.45) is 0 Å². The van der Waals surface area contributed by atoms with E-state index in [0.717, 1.165) is 34.3 Å². The zero-order chi connectivity index (χ0) is 16.0. The number of hydrogen-bond donors (Lipinski definition) is 1. The summed E-state index contributed by atoms with van der Waals surface area (Å²) in [5, 5.41) is 5.13. The van der Waals surface area contributed by atoms with Gasteiger partial charge in [0.1, 0.15) is 0 Å². The molecular weight excluding hydrogens is 286 g/mol. The molecule has 2 aromatic carbocycles. The number of carbonyl (C=O) groups is 1. The third-order valence-electron chi connectivity index (χ3n) is 4.42. The van der Waals surface area contributed by atoms with Gasteiger partial charge in [0.15, 0.2) is 0 Å². The monoisotopic (exact) mass is 303 g/mol. The minimum absolute atomic E-state index is 0.0149. The number of hydrogen-bond acceptors (Lipinski definition) is 3. The van der Waals surface area contributed by atoms with Gasteiger partial charge in [-0.25, -0.2) is 0 Å². The lowest BCUT2D eigenvalue weighted by Crippen LogP contribution is -2.17. The highest BCUT2D eigenvalue weighted by Crippen LogP contribution is 2.40. The fourth-order valence-corrected chi connectivity index (χ4v) is 3.29. The Bertz CT molecular complexity index is 919. The molecule has 0 atom stereocenters. The molecule has 1 N–H and O–H groups in total. The molecule has 0 bridgehead atoms. The number of rotatable bonds is 3. The van der Waals surface area contributed by atoms with Crippen LogP contribution in [0.25, 0.3) is 10.8 Å². The summed E-state index contributed by atoms with van der Waals surface area (Å²) in [6, 6.07) is 12.1. The van der Waals surface area contributed by atoms with E-state index in [-0.39, 0.29) is 5.91 Å². The van der Waals surface area contributed by atoms with Crippen LogP contribution in [-0.4, -0.2) is 17.9 Å². The molecule has 1 aliphatic rings. The SMILES string of the molecule is Cc1ccc2c3c(ccc(N(C)Cc4ccncc4)c13)NC2=O. The highest BCUT2D eigenvalue weighted by molar-refractivity contribution is 6.26. The molecular formula is C19H17N3O. The minimum atomic E-state index is -0.0149. The summed E-state index contributed by atoms with van der Waals surface area (Å²) >= 11 is 0. The molecule has 2 heterocycles. The first-order chi connectivity index (χ1) is 11.1. The normalized spacial score (nSPS) is 12.5. The predicted octanol–water partition coefficient (Wildman–Crippen LogP) is 3.75. The molecule has 114 valence electrons. The van der Waals surface area contributed by atoms with Crippen molar-refractivity contribution in [3.63, 3.8) is 0 Å². The Labute approximate surface area is 134 Å². The van der Waals surface area contributed by atoms with Crippen molar-refractivity contribution in [1.82, 2.24) is 4.98 Å². The Morgan fingerprint density at radius 1 is 1.04 bits per heavy atom. The second-order valence-electron chi connectivity index (χ2n) is 5.98. The van der Waals surface area contributed by atoms with Gasteiger partial charge in [-0.2, -0.15) is 0 Å². The lowest BCUT2D eigenvalue weighted by molar-refractivity contribution is 0.103. The van der Waals surface area contributed by atoms with Gasteiger partial charge in [0.05, 0.1) is 0 Å². The van der Waals surface area contributed by atoms with Crippen molar-refractivity contribution in [1.29, 1.82) is 0 Å². The van der Waals surface area contributed by atoms with E-state index in [1.165, 1.54) is 11.1 Å². The van der Waals surface area contributed by atoms with Gasteiger partial charge in [0.25, 0.3) is 5.91 Å². The van der Waals surface area contributed by atoms with Crippen LogP contribution in [0, 0.1) is 6.92 Å². The van der Waals surface area contributed by atoms with E-state index in [9.17, 15) is 4.79 Å². The topological polar surface area (TPSA) is 45.2 Å². The molecule has 4 heteroatoms. The molecule has 0 unspecified atom stereocenters. The molecule has 3 aromatic rings. The molecule has 4 nitrogen and oxygen atoms in total. The molecule has 4 rings (SSSR count). The van der Waals surface area contributed by atoms with E-state index >= 15 is 0 Å². The predicted molar refractivity (Wildman–Crippen MR) is 93.0 cm³/mol. The van der Waals surface area contributed by atoms with E-state index in [0.29, 0.717) is 0 Å². The molecule has 0 saturated carbocycles. The van der Waals surface area contributed by atoms with Crippen molar-refractivity contribution in [3.05, 3.63) is 65.5 Å². The Morgan fingerprint density at radius 3 is 2.61 bits per heavy atom. The van der Waals surface area contributed by atoms with Crippen LogP contribution >= 0.6 is 0 Å². The summed E-state index contributed by atoms with van der Waals surface area (Å²) in [5.41, 5.74) is 5.19. The molecule has 23 heavy (non-hydrogen) atoms. The summed E-state index contributed by atoms with van der Waals surface area (Å²) < 4.78 is 0. The van der Waals surface area contributed by atoms with E-state index in [1.807, 2.05) is 42.7 Å². The smallest absolute Gasteiger partial charge is 0.256 e. The molecule has 1 aromatic heterocycles. The maximum atomic E-state index is 12.1. The second-order valence-corrected chi connectivity index (χ2v) is 5.98. The van der Waals surface area contributed by atoms with E-state index < -0.39 is 0 Å². The Balaban J connectivity index is 1.85. The number of amides is 1. The number of anilines is 2. The van der Waals surface area contributed by atoms with E-state index in [2.05, 4.69) is 35.2 Å². The van der Waals surface area contributed by atoms with E-state index in [4.69, 9.17) is 0 Å². The number of aromatic nitrogens is 1. The average Bonchev–Trinajstić information content (AvgIpc) is 2.88. The van der Waals surface area contributed by atoms with Crippen molar-refractivity contribution in [3.8, 4) is 0 Å². The standard InChI is InChI=1S/C19H17N3O/c1-12-3-4-14-18-15(21-19(14)23)5-6-16(17(12)18)22(2)11-13-7-9-20-10-8-13/h3-10H,11H2,1-2H3,(H,21,23). The van der Waals surface area contributed by atoms with Gasteiger partial charge in [0.2, 0.25) is 0 Å². The van der Waals surface area contributed by atoms with Gasteiger partial charge in [-0.05, 0) is 48.4 Å². The van der Waals surface area contributed by atoms with Gasteiger partial charge in [0, 0.05) is 53.7 Å². The third-order valence-corrected chi connectivity index (χ3v) is 4.42. The fraction of sp³-hybridized carbons (Fsp3) is 0.158. The van der Waals surface area contributed by atoms with Crippen molar-refractivity contribution < 1.29 is 4.79 Å². The maximum absolute atomic E-state index is 12.1. The minimum Gasteiger partial charge on any atom is -0.370 e. The van der Waals surface area contributed by atoms with Crippen LogP contribution in [0.4, 0.5) is 11.4 Å². The number of nitrogens with zero attached hydrogens (tertiary/aromatic N) is 2. The van der Waals surface area contributed by atoms with Crippen molar-refractivity contribution in [2.45, 2.75) is 13.5 Å². The van der Waals surface area contributed by atoms with Crippen LogP contribution in [0.2, 0.25) is 0 Å². The van der Waals surface area contributed by atoms with Gasteiger partial charge < -0.3 is 10.2 Å². The lowest BCUT2D eigenvalue weighted by atomic mass is 9.98. The molecule has 0 radical (unpaired) electrons. The quantitative estimate of drug-likeness (QED) is 0.801. The molecule has 1 aliphatic heterocycles. The molecule has 0 saturated heterocycles. The number of carbonyl (C=O) groups excluding carboxylic acids is 1. The van der Waals surface area contributed by atoms with Crippen LogP contribution in [0.15, 0.2) is 48.8 Å². The Morgan fingerprint density at radius 2 is 1.83 bits per heavy atom. The number of pyridine rings is 1. The summed E-state index contributed by atoms with van der Waals surface area (Å²) in [4.78, 5) is 18.4. The average molecular weight is 303 g/mol. The van der Waals surface area contributed by atoms with Gasteiger partial charge in [-0.15, -0.1) is 0 Å². The summed E-state index contributed by atoms with van der Waals surface area (Å²) in [6.07, 6.45) is 3.62. The number of nitrogens with one attached hydrogen (secondary N) is 1. The van der Waals surface area contributed by atoms with Crippen molar-refractivity contribution in [2.75, 3.05) is 17.3 Å². The van der Waals surface area contributed by atoms with Crippen LogP contribution in [-0.2, 0) is 6.54 Å². The second kappa shape index (κ2) is 5.09. The highest BCUT2D eigenvalue weighted by Gasteiger charge is 2.24. The molecule has 1 amide bonds. The zero-order valence-electron chi connectivity index (χ0n) is 13.1. The first kappa shape index (κ1) is 13.8. The molecule has 0 spiro atoms. The number of aryl methyl sites for hydroxylation is 1. The van der Waals surface area contributed by atoms with Crippen LogP contribution in [0.1, 0.15) is 21.5 Å². The lowest BCUT2D eigenvalue weighted by Gasteiger charge is -2.22. The Kier molecular flexibility index (Phi) is 3.05. The number of benzene rings is 2. The third kappa shape index (κ3) is 2.14. The van der Waals surface area contributed by atoms with Gasteiger partial charge in [-0.1, -0.05) is 6.07 Å². The summed E-state index contributed by atoms with van der Waals surface area (Å²) in [7, 11) is 2.08. The Hall–Kier alpha value is -2.88. The summed E-state index contributed by atoms with van der Waals surface area (Å²) in [5.74, 6) is -0.0149.